The molecule has 0 aromatic heterocycles. The predicted octanol–water partition coefficient (Wildman–Crippen LogP) is 5.70. The van der Waals surface area contributed by atoms with Gasteiger partial charge in [-0.05, 0) is 41.2 Å². The van der Waals surface area contributed by atoms with E-state index in [4.69, 9.17) is 4.74 Å². The molecule has 3 rings (SSSR count). The van der Waals surface area contributed by atoms with Gasteiger partial charge in [0.15, 0.2) is 0 Å². The van der Waals surface area contributed by atoms with Gasteiger partial charge in [0.1, 0.15) is 11.9 Å². The van der Waals surface area contributed by atoms with Gasteiger partial charge in [-0.3, -0.25) is 0 Å². The van der Waals surface area contributed by atoms with Gasteiger partial charge in [-0.15, -0.1) is 0 Å². The zero-order chi connectivity index (χ0) is 15.4. The molecule has 0 saturated heterocycles. The summed E-state index contributed by atoms with van der Waals surface area (Å²) in [6, 6.07) is 4.69. The van der Waals surface area contributed by atoms with Crippen LogP contribution in [0, 0.1) is 0 Å². The molecule has 1 heterocycles. The van der Waals surface area contributed by atoms with Gasteiger partial charge in [0, 0.05) is 11.5 Å². The van der Waals surface area contributed by atoms with Crippen molar-refractivity contribution < 1.29 is 4.74 Å². The molecule has 0 N–H and O–H groups in total. The van der Waals surface area contributed by atoms with Crippen LogP contribution in [-0.2, 0) is 10.8 Å². The Balaban J connectivity index is 2.20. The Morgan fingerprint density at radius 3 is 2.05 bits per heavy atom. The molecule has 0 radical (unpaired) electrons. The lowest BCUT2D eigenvalue weighted by molar-refractivity contribution is 0.161. The second-order valence-corrected chi connectivity index (χ2v) is 8.95. The van der Waals surface area contributed by atoms with Crippen LogP contribution in [0.3, 0.4) is 0 Å². The van der Waals surface area contributed by atoms with Crippen LogP contribution in [-0.4, -0.2) is 6.10 Å². The average molecular weight is 286 g/mol. The van der Waals surface area contributed by atoms with Gasteiger partial charge in [0.25, 0.3) is 0 Å². The quantitative estimate of drug-likeness (QED) is 0.594. The second-order valence-electron chi connectivity index (χ2n) is 8.95. The molecule has 2 unspecified atom stereocenters. The third-order valence-electron chi connectivity index (χ3n) is 5.15. The Morgan fingerprint density at radius 1 is 0.857 bits per heavy atom. The Morgan fingerprint density at radius 2 is 1.43 bits per heavy atom. The lowest BCUT2D eigenvalue weighted by Crippen LogP contribution is -2.24. The van der Waals surface area contributed by atoms with Gasteiger partial charge in [0.05, 0.1) is 0 Å². The van der Waals surface area contributed by atoms with Crippen LogP contribution in [0.5, 0.6) is 5.75 Å². The topological polar surface area (TPSA) is 9.23 Å². The van der Waals surface area contributed by atoms with Gasteiger partial charge in [0.2, 0.25) is 0 Å². The van der Waals surface area contributed by atoms with E-state index in [1.54, 1.807) is 5.56 Å². The molecule has 2 aliphatic rings. The summed E-state index contributed by atoms with van der Waals surface area (Å²) < 4.78 is 6.50. The Kier molecular flexibility index (Phi) is 3.39. The fraction of sp³-hybridized carbons (Fsp3) is 0.700. The zero-order valence-electron chi connectivity index (χ0n) is 14.5. The third-order valence-corrected chi connectivity index (χ3v) is 5.15. The minimum absolute atomic E-state index is 0.147. The zero-order valence-corrected chi connectivity index (χ0v) is 14.5. The fourth-order valence-corrected chi connectivity index (χ4v) is 4.06. The van der Waals surface area contributed by atoms with E-state index in [9.17, 15) is 0 Å². The van der Waals surface area contributed by atoms with Crippen molar-refractivity contribution >= 4 is 0 Å². The van der Waals surface area contributed by atoms with Gasteiger partial charge in [-0.1, -0.05) is 60.1 Å². The van der Waals surface area contributed by atoms with Crippen LogP contribution in [0.4, 0.5) is 0 Å². The number of hydrogen-bond donors (Lipinski definition) is 0. The standard InChI is InChI=1S/C20H30O/c1-19(2,3)14-11-12-15(20(4,5)6)18-17(14)13-9-7-8-10-16(13)21-18/h11-13,16H,7-10H2,1-6H3. The molecule has 1 saturated carbocycles. The van der Waals surface area contributed by atoms with Crippen LogP contribution in [0.15, 0.2) is 12.1 Å². The van der Waals surface area contributed by atoms with E-state index in [1.165, 1.54) is 42.6 Å². The molecule has 1 aliphatic heterocycles. The molecule has 1 aromatic carbocycles. The molecule has 1 heteroatoms. The molecule has 1 aromatic rings. The molecule has 0 spiro atoms. The van der Waals surface area contributed by atoms with Gasteiger partial charge < -0.3 is 4.74 Å². The van der Waals surface area contributed by atoms with Crippen molar-refractivity contribution in [3.05, 3.63) is 28.8 Å². The number of benzene rings is 1. The first kappa shape index (κ1) is 14.9. The van der Waals surface area contributed by atoms with Crippen molar-refractivity contribution in [3.63, 3.8) is 0 Å². The highest BCUT2D eigenvalue weighted by Gasteiger charge is 2.42. The Labute approximate surface area is 130 Å². The van der Waals surface area contributed by atoms with Crippen molar-refractivity contribution in [2.75, 3.05) is 0 Å². The van der Waals surface area contributed by atoms with Crippen LogP contribution < -0.4 is 4.74 Å². The largest absolute Gasteiger partial charge is 0.489 e. The van der Waals surface area contributed by atoms with Crippen molar-refractivity contribution in [2.45, 2.75) is 90.1 Å². The second kappa shape index (κ2) is 4.76. The Bertz CT molecular complexity index is 542. The predicted molar refractivity (Wildman–Crippen MR) is 89.5 cm³/mol. The normalized spacial score (nSPS) is 25.2. The van der Waals surface area contributed by atoms with Crippen LogP contribution in [0.25, 0.3) is 0 Å². The van der Waals surface area contributed by atoms with Crippen molar-refractivity contribution in [1.82, 2.24) is 0 Å². The smallest absolute Gasteiger partial charge is 0.127 e. The van der Waals surface area contributed by atoms with Crippen molar-refractivity contribution in [3.8, 4) is 5.75 Å². The van der Waals surface area contributed by atoms with E-state index in [0.29, 0.717) is 12.0 Å². The molecule has 116 valence electrons. The van der Waals surface area contributed by atoms with E-state index in [1.807, 2.05) is 0 Å². The SMILES string of the molecule is CC(C)(C)c1ccc(C(C)(C)C)c2c1OC1CCCCC21. The molecular formula is C20H30O. The van der Waals surface area contributed by atoms with Crippen LogP contribution in [0.2, 0.25) is 0 Å². The van der Waals surface area contributed by atoms with E-state index >= 15 is 0 Å². The van der Waals surface area contributed by atoms with E-state index in [0.717, 1.165) is 0 Å². The highest BCUT2D eigenvalue weighted by atomic mass is 16.5. The van der Waals surface area contributed by atoms with Gasteiger partial charge >= 0.3 is 0 Å². The molecular weight excluding hydrogens is 256 g/mol. The first-order chi connectivity index (χ1) is 9.69. The molecule has 2 atom stereocenters. The first-order valence-electron chi connectivity index (χ1n) is 8.54. The minimum atomic E-state index is 0.147. The highest BCUT2D eigenvalue weighted by molar-refractivity contribution is 5.56. The van der Waals surface area contributed by atoms with Crippen LogP contribution >= 0.6 is 0 Å². The van der Waals surface area contributed by atoms with Gasteiger partial charge in [-0.2, -0.15) is 0 Å². The van der Waals surface area contributed by atoms with E-state index in [2.05, 4.69) is 53.7 Å². The van der Waals surface area contributed by atoms with Gasteiger partial charge in [-0.25, -0.2) is 0 Å². The van der Waals surface area contributed by atoms with Crippen molar-refractivity contribution in [1.29, 1.82) is 0 Å². The van der Waals surface area contributed by atoms with E-state index < -0.39 is 0 Å². The summed E-state index contributed by atoms with van der Waals surface area (Å²) in [4.78, 5) is 0. The average Bonchev–Trinajstić information content (AvgIpc) is 2.74. The summed E-state index contributed by atoms with van der Waals surface area (Å²) in [5.74, 6) is 1.86. The highest BCUT2D eigenvalue weighted by Crippen LogP contribution is 2.52. The molecule has 1 nitrogen and oxygen atoms in total. The number of hydrogen-bond acceptors (Lipinski definition) is 1. The lowest BCUT2D eigenvalue weighted by Gasteiger charge is -2.29. The summed E-state index contributed by atoms with van der Waals surface area (Å²) in [6.45, 7) is 13.9. The maximum atomic E-state index is 6.50. The molecule has 1 fully saturated rings. The van der Waals surface area contributed by atoms with E-state index in [-0.39, 0.29) is 10.8 Å². The molecule has 1 aliphatic carbocycles. The van der Waals surface area contributed by atoms with Crippen LogP contribution in [0.1, 0.15) is 89.8 Å². The lowest BCUT2D eigenvalue weighted by atomic mass is 9.73. The third kappa shape index (κ3) is 2.49. The van der Waals surface area contributed by atoms with Crippen molar-refractivity contribution in [2.24, 2.45) is 0 Å². The molecule has 0 amide bonds. The first-order valence-corrected chi connectivity index (χ1v) is 8.54. The molecule has 0 bridgehead atoms. The number of fused-ring (bicyclic) bond motifs is 3. The summed E-state index contributed by atoms with van der Waals surface area (Å²) in [6.07, 6.45) is 5.64. The summed E-state index contributed by atoms with van der Waals surface area (Å²) in [5.41, 5.74) is 4.77. The minimum Gasteiger partial charge on any atom is -0.489 e. The summed E-state index contributed by atoms with van der Waals surface area (Å²) in [5, 5.41) is 0. The number of rotatable bonds is 0. The maximum absolute atomic E-state index is 6.50. The summed E-state index contributed by atoms with van der Waals surface area (Å²) >= 11 is 0. The fourth-order valence-electron chi connectivity index (χ4n) is 4.06. The Hall–Kier alpha value is -0.980. The number of ether oxygens (including phenoxy) is 1. The summed E-state index contributed by atoms with van der Waals surface area (Å²) in [7, 11) is 0. The monoisotopic (exact) mass is 286 g/mol. The maximum Gasteiger partial charge on any atom is 0.127 e. The molecule has 21 heavy (non-hydrogen) atoms.